The summed E-state index contributed by atoms with van der Waals surface area (Å²) in [5, 5.41) is 12.0. The molecule has 3 aromatic rings. The van der Waals surface area contributed by atoms with Crippen molar-refractivity contribution in [2.24, 2.45) is 5.10 Å². The van der Waals surface area contributed by atoms with Crippen LogP contribution in [0.1, 0.15) is 11.1 Å². The molecule has 2 aromatic carbocycles. The number of carbonyl (C=O) groups is 1. The van der Waals surface area contributed by atoms with Crippen molar-refractivity contribution in [3.05, 3.63) is 83.8 Å². The van der Waals surface area contributed by atoms with Crippen molar-refractivity contribution < 1.29 is 9.18 Å². The molecule has 1 aliphatic rings. The van der Waals surface area contributed by atoms with Gasteiger partial charge >= 0.3 is 0 Å². The van der Waals surface area contributed by atoms with Gasteiger partial charge in [-0.15, -0.1) is 5.10 Å². The summed E-state index contributed by atoms with van der Waals surface area (Å²) in [5.74, 6) is 0.668. The molecule has 7 heteroatoms. The van der Waals surface area contributed by atoms with Crippen molar-refractivity contribution >= 4 is 18.2 Å². The van der Waals surface area contributed by atoms with Gasteiger partial charge in [-0.1, -0.05) is 36.4 Å². The second-order valence-electron chi connectivity index (χ2n) is 6.77. The summed E-state index contributed by atoms with van der Waals surface area (Å²) in [6.45, 7) is 1.94. The number of hydrogen-bond acceptors (Lipinski definition) is 5. The standard InChI is InChI=1S/C22H20FN5O/c1-15-7-8-18(23)13-19(15)17-9-10-24-20(12-17)28-21(26-22(27-28)25-14-29)11-16-5-3-2-4-6-16/h2-10,12-14,21H,11H2,1H3,(H2,25,26,27,29). The van der Waals surface area contributed by atoms with Gasteiger partial charge in [-0.25, -0.2) is 14.4 Å². The molecule has 6 nitrogen and oxygen atoms in total. The van der Waals surface area contributed by atoms with Gasteiger partial charge < -0.3 is 5.32 Å². The SMILES string of the molecule is Cc1ccc(F)cc1-c1ccnc(N2N=C(NC=O)NC2Cc2ccccc2)c1. The summed E-state index contributed by atoms with van der Waals surface area (Å²) in [7, 11) is 0. The molecule has 0 saturated heterocycles. The first-order chi connectivity index (χ1) is 14.1. The lowest BCUT2D eigenvalue weighted by Crippen LogP contribution is -2.43. The number of halogens is 1. The third-order valence-electron chi connectivity index (χ3n) is 4.76. The molecule has 2 N–H and O–H groups in total. The second kappa shape index (κ2) is 8.10. The van der Waals surface area contributed by atoms with Crippen molar-refractivity contribution in [1.82, 2.24) is 15.6 Å². The average molecular weight is 389 g/mol. The maximum absolute atomic E-state index is 13.8. The van der Waals surface area contributed by atoms with E-state index in [1.54, 1.807) is 17.3 Å². The fourth-order valence-corrected chi connectivity index (χ4v) is 3.35. The quantitative estimate of drug-likeness (QED) is 0.658. The monoisotopic (exact) mass is 389 g/mol. The molecule has 0 fully saturated rings. The van der Waals surface area contributed by atoms with Gasteiger partial charge in [0.2, 0.25) is 12.4 Å². The summed E-state index contributed by atoms with van der Waals surface area (Å²) in [6, 6.07) is 18.4. The number of aromatic nitrogens is 1. The molecule has 0 radical (unpaired) electrons. The first kappa shape index (κ1) is 18.6. The van der Waals surface area contributed by atoms with Crippen LogP contribution in [0, 0.1) is 12.7 Å². The highest BCUT2D eigenvalue weighted by atomic mass is 19.1. The lowest BCUT2D eigenvalue weighted by atomic mass is 10.0. The largest absolute Gasteiger partial charge is 0.332 e. The zero-order chi connectivity index (χ0) is 20.2. The summed E-state index contributed by atoms with van der Waals surface area (Å²) in [6.07, 6.45) is 2.68. The van der Waals surface area contributed by atoms with Crippen LogP contribution in [0.25, 0.3) is 11.1 Å². The van der Waals surface area contributed by atoms with Gasteiger partial charge in [-0.3, -0.25) is 10.1 Å². The highest BCUT2D eigenvalue weighted by Gasteiger charge is 2.28. The van der Waals surface area contributed by atoms with Gasteiger partial charge in [0.25, 0.3) is 0 Å². The van der Waals surface area contributed by atoms with E-state index >= 15 is 0 Å². The molecule has 29 heavy (non-hydrogen) atoms. The molecule has 1 unspecified atom stereocenters. The second-order valence-corrected chi connectivity index (χ2v) is 6.77. The maximum Gasteiger partial charge on any atom is 0.222 e. The Hall–Kier alpha value is -3.74. The smallest absolute Gasteiger partial charge is 0.222 e. The number of nitrogens with one attached hydrogen (secondary N) is 2. The van der Waals surface area contributed by atoms with Crippen LogP contribution in [-0.2, 0) is 11.2 Å². The van der Waals surface area contributed by atoms with E-state index in [4.69, 9.17) is 0 Å². The average Bonchev–Trinajstić information content (AvgIpc) is 3.13. The van der Waals surface area contributed by atoms with Gasteiger partial charge in [-0.2, -0.15) is 0 Å². The molecule has 0 bridgehead atoms. The van der Waals surface area contributed by atoms with Crippen LogP contribution in [-0.4, -0.2) is 23.5 Å². The number of aryl methyl sites for hydroxylation is 1. The fraction of sp³-hybridized carbons (Fsp3) is 0.136. The van der Waals surface area contributed by atoms with Crippen LogP contribution in [0.15, 0.2) is 72.0 Å². The van der Waals surface area contributed by atoms with Gasteiger partial charge in [0.05, 0.1) is 0 Å². The van der Waals surface area contributed by atoms with E-state index in [-0.39, 0.29) is 12.0 Å². The van der Waals surface area contributed by atoms with E-state index < -0.39 is 0 Å². The molecule has 0 spiro atoms. The Kier molecular flexibility index (Phi) is 5.20. The number of hydrogen-bond donors (Lipinski definition) is 2. The molecule has 4 rings (SSSR count). The Labute approximate surface area is 168 Å². The Bertz CT molecular complexity index is 1050. The predicted molar refractivity (Wildman–Crippen MR) is 111 cm³/mol. The number of carbonyl (C=O) groups excluding carboxylic acids is 1. The number of benzene rings is 2. The van der Waals surface area contributed by atoms with Crippen LogP contribution in [0.4, 0.5) is 10.2 Å². The Morgan fingerprint density at radius 1 is 1.17 bits per heavy atom. The molecule has 2 heterocycles. The van der Waals surface area contributed by atoms with E-state index in [0.717, 1.165) is 22.3 Å². The van der Waals surface area contributed by atoms with E-state index in [1.165, 1.54) is 12.1 Å². The Balaban J connectivity index is 1.68. The third-order valence-corrected chi connectivity index (χ3v) is 4.76. The number of amides is 1. The summed E-state index contributed by atoms with van der Waals surface area (Å²) in [5.41, 5.74) is 3.73. The highest BCUT2D eigenvalue weighted by molar-refractivity contribution is 5.91. The Morgan fingerprint density at radius 3 is 2.79 bits per heavy atom. The zero-order valence-electron chi connectivity index (χ0n) is 15.8. The fourth-order valence-electron chi connectivity index (χ4n) is 3.35. The minimum absolute atomic E-state index is 0.226. The van der Waals surface area contributed by atoms with Crippen molar-refractivity contribution in [2.75, 3.05) is 5.01 Å². The molecule has 1 aliphatic heterocycles. The highest BCUT2D eigenvalue weighted by Crippen LogP contribution is 2.28. The van der Waals surface area contributed by atoms with Crippen LogP contribution < -0.4 is 15.6 Å². The predicted octanol–water partition coefficient (Wildman–Crippen LogP) is 3.19. The zero-order valence-corrected chi connectivity index (χ0v) is 15.8. The number of nitrogens with zero attached hydrogens (tertiary/aromatic N) is 3. The minimum Gasteiger partial charge on any atom is -0.332 e. The van der Waals surface area contributed by atoms with E-state index in [9.17, 15) is 9.18 Å². The maximum atomic E-state index is 13.8. The van der Waals surface area contributed by atoms with Crippen LogP contribution in [0.3, 0.4) is 0 Å². The minimum atomic E-state index is -0.288. The van der Waals surface area contributed by atoms with Crippen LogP contribution in [0.2, 0.25) is 0 Å². The molecule has 1 aromatic heterocycles. The molecular formula is C22H20FN5O. The van der Waals surface area contributed by atoms with E-state index in [1.807, 2.05) is 49.4 Å². The van der Waals surface area contributed by atoms with Crippen molar-refractivity contribution in [3.8, 4) is 11.1 Å². The lowest BCUT2D eigenvalue weighted by Gasteiger charge is -2.23. The number of hydrazone groups is 1. The first-order valence-corrected chi connectivity index (χ1v) is 9.25. The number of guanidine groups is 1. The van der Waals surface area contributed by atoms with Crippen molar-refractivity contribution in [2.45, 2.75) is 19.5 Å². The normalized spacial score (nSPS) is 15.6. The first-order valence-electron chi connectivity index (χ1n) is 9.25. The summed E-state index contributed by atoms with van der Waals surface area (Å²) >= 11 is 0. The van der Waals surface area contributed by atoms with E-state index in [2.05, 4.69) is 20.7 Å². The summed E-state index contributed by atoms with van der Waals surface area (Å²) in [4.78, 5) is 15.3. The van der Waals surface area contributed by atoms with Gasteiger partial charge in [0, 0.05) is 12.6 Å². The molecule has 0 aliphatic carbocycles. The topological polar surface area (TPSA) is 69.6 Å². The van der Waals surface area contributed by atoms with Crippen molar-refractivity contribution in [1.29, 1.82) is 0 Å². The molecule has 146 valence electrons. The molecule has 0 saturated carbocycles. The summed E-state index contributed by atoms with van der Waals surface area (Å²) < 4.78 is 13.8. The van der Waals surface area contributed by atoms with E-state index in [0.29, 0.717) is 24.6 Å². The van der Waals surface area contributed by atoms with Crippen LogP contribution >= 0.6 is 0 Å². The van der Waals surface area contributed by atoms with Gasteiger partial charge in [0.1, 0.15) is 12.0 Å². The third kappa shape index (κ3) is 4.08. The van der Waals surface area contributed by atoms with Gasteiger partial charge in [-0.05, 0) is 53.4 Å². The number of anilines is 1. The molecule has 1 amide bonds. The van der Waals surface area contributed by atoms with Crippen molar-refractivity contribution in [3.63, 3.8) is 0 Å². The molecule has 1 atom stereocenters. The Morgan fingerprint density at radius 2 is 2.00 bits per heavy atom. The van der Waals surface area contributed by atoms with Gasteiger partial charge in [0.15, 0.2) is 5.82 Å². The lowest BCUT2D eigenvalue weighted by molar-refractivity contribution is -0.108. The molecular weight excluding hydrogens is 369 g/mol. The van der Waals surface area contributed by atoms with Crippen LogP contribution in [0.5, 0.6) is 0 Å². The number of rotatable bonds is 5. The number of pyridine rings is 1.